The number of anilines is 1. The fraction of sp³-hybridized carbons (Fsp3) is 0.105. The van der Waals surface area contributed by atoms with Gasteiger partial charge in [-0.1, -0.05) is 18.2 Å². The Labute approximate surface area is 149 Å². The molecular weight excluding hydrogens is 334 g/mol. The molecule has 0 aliphatic heterocycles. The lowest BCUT2D eigenvalue weighted by atomic mass is 10.1. The number of carbonyl (C=O) groups excluding carboxylic acids is 1. The van der Waals surface area contributed by atoms with E-state index in [9.17, 15) is 10.1 Å². The average molecular weight is 349 g/mol. The van der Waals surface area contributed by atoms with Crippen molar-refractivity contribution in [3.05, 3.63) is 66.0 Å². The molecule has 3 aromatic rings. The lowest BCUT2D eigenvalue weighted by Gasteiger charge is -2.08. The number of para-hydroxylation sites is 1. The van der Waals surface area contributed by atoms with Crippen LogP contribution >= 0.6 is 11.3 Å². The number of nitrogens with one attached hydrogen (secondary N) is 1. The van der Waals surface area contributed by atoms with Crippen LogP contribution < -0.4 is 10.1 Å². The molecule has 0 radical (unpaired) electrons. The van der Waals surface area contributed by atoms with E-state index < -0.39 is 0 Å². The van der Waals surface area contributed by atoms with Gasteiger partial charge < -0.3 is 10.1 Å². The molecule has 5 nitrogen and oxygen atoms in total. The Balaban J connectivity index is 1.79. The van der Waals surface area contributed by atoms with Gasteiger partial charge in [-0.25, -0.2) is 0 Å². The number of carbonyl (C=O) groups is 1. The molecule has 0 aliphatic carbocycles. The molecule has 1 N–H and O–H groups in total. The molecule has 2 aromatic heterocycles. The molecule has 0 unspecified atom stereocenters. The molecule has 1 aromatic carbocycles. The van der Waals surface area contributed by atoms with Crippen LogP contribution in [-0.2, 0) is 11.2 Å². The van der Waals surface area contributed by atoms with E-state index in [-0.39, 0.29) is 12.3 Å². The van der Waals surface area contributed by atoms with Crippen LogP contribution in [0.5, 0.6) is 5.75 Å². The minimum absolute atomic E-state index is 0.178. The van der Waals surface area contributed by atoms with Gasteiger partial charge in [-0.2, -0.15) is 5.26 Å². The number of nitrogens with zero attached hydrogens (tertiary/aromatic N) is 2. The zero-order valence-corrected chi connectivity index (χ0v) is 14.3. The number of amides is 1. The lowest BCUT2D eigenvalue weighted by Crippen LogP contribution is -2.14. The van der Waals surface area contributed by atoms with E-state index in [1.165, 1.54) is 11.3 Å². The van der Waals surface area contributed by atoms with E-state index in [4.69, 9.17) is 4.74 Å². The average Bonchev–Trinajstić information content (AvgIpc) is 3.05. The van der Waals surface area contributed by atoms with Crippen molar-refractivity contribution >= 4 is 22.2 Å². The third-order valence-electron chi connectivity index (χ3n) is 3.61. The summed E-state index contributed by atoms with van der Waals surface area (Å²) in [6.45, 7) is 0. The van der Waals surface area contributed by atoms with Crippen LogP contribution in [0.15, 0.2) is 54.9 Å². The van der Waals surface area contributed by atoms with Crippen LogP contribution in [0.2, 0.25) is 0 Å². The molecule has 6 heteroatoms. The monoisotopic (exact) mass is 349 g/mol. The molecular formula is C19H15N3O2S. The normalized spacial score (nSPS) is 10.1. The van der Waals surface area contributed by atoms with Crippen molar-refractivity contribution in [2.24, 2.45) is 0 Å². The molecule has 0 spiro atoms. The number of rotatable bonds is 5. The summed E-state index contributed by atoms with van der Waals surface area (Å²) in [7, 11) is 1.57. The predicted octanol–water partition coefficient (Wildman–Crippen LogP) is 3.87. The molecule has 1 amide bonds. The van der Waals surface area contributed by atoms with Crippen molar-refractivity contribution in [2.75, 3.05) is 12.4 Å². The lowest BCUT2D eigenvalue weighted by molar-refractivity contribution is -0.115. The second kappa shape index (κ2) is 7.60. The number of nitriles is 1. The van der Waals surface area contributed by atoms with E-state index in [0.29, 0.717) is 16.3 Å². The Bertz CT molecular complexity index is 929. The van der Waals surface area contributed by atoms with Gasteiger partial charge >= 0.3 is 0 Å². The van der Waals surface area contributed by atoms with Gasteiger partial charge in [0.25, 0.3) is 0 Å². The number of methoxy groups -OCH3 is 1. The number of hydrogen-bond donors (Lipinski definition) is 1. The van der Waals surface area contributed by atoms with Crippen LogP contribution in [0.25, 0.3) is 10.4 Å². The summed E-state index contributed by atoms with van der Waals surface area (Å²) in [6.07, 6.45) is 3.57. The van der Waals surface area contributed by atoms with Crippen LogP contribution in [-0.4, -0.2) is 18.0 Å². The van der Waals surface area contributed by atoms with Crippen molar-refractivity contribution < 1.29 is 9.53 Å². The first-order chi connectivity index (χ1) is 12.2. The second-order valence-corrected chi connectivity index (χ2v) is 6.29. The van der Waals surface area contributed by atoms with E-state index in [0.717, 1.165) is 16.0 Å². The maximum atomic E-state index is 12.4. The van der Waals surface area contributed by atoms with Crippen LogP contribution in [0.3, 0.4) is 0 Å². The molecule has 3 rings (SSSR count). The molecule has 2 heterocycles. The number of thiophene rings is 1. The SMILES string of the molecule is COc1ccccc1CC(=O)Nc1sc(-c2ccncc2)cc1C#N. The standard InChI is InChI=1S/C19H15N3O2S/c1-24-16-5-3-2-4-14(16)11-18(23)22-19-15(12-20)10-17(25-19)13-6-8-21-9-7-13/h2-10H,11H2,1H3,(H,22,23). The fourth-order valence-electron chi connectivity index (χ4n) is 2.42. The van der Waals surface area contributed by atoms with E-state index in [1.807, 2.05) is 36.4 Å². The maximum absolute atomic E-state index is 12.4. The van der Waals surface area contributed by atoms with Crippen LogP contribution in [0.4, 0.5) is 5.00 Å². The van der Waals surface area contributed by atoms with Crippen molar-refractivity contribution in [1.82, 2.24) is 4.98 Å². The summed E-state index contributed by atoms with van der Waals surface area (Å²) in [5, 5.41) is 12.7. The largest absolute Gasteiger partial charge is 0.496 e. The zero-order valence-electron chi connectivity index (χ0n) is 13.5. The highest BCUT2D eigenvalue weighted by atomic mass is 32.1. The number of hydrogen-bond acceptors (Lipinski definition) is 5. The highest BCUT2D eigenvalue weighted by molar-refractivity contribution is 7.19. The molecule has 25 heavy (non-hydrogen) atoms. The third-order valence-corrected chi connectivity index (χ3v) is 4.71. The van der Waals surface area contributed by atoms with Gasteiger partial charge in [-0.3, -0.25) is 9.78 Å². The van der Waals surface area contributed by atoms with Crippen molar-refractivity contribution in [2.45, 2.75) is 6.42 Å². The minimum Gasteiger partial charge on any atom is -0.496 e. The van der Waals surface area contributed by atoms with Gasteiger partial charge in [0.2, 0.25) is 5.91 Å². The minimum atomic E-state index is -0.191. The third kappa shape index (κ3) is 3.84. The van der Waals surface area contributed by atoms with Gasteiger partial charge in [0, 0.05) is 22.8 Å². The second-order valence-electron chi connectivity index (χ2n) is 5.24. The maximum Gasteiger partial charge on any atom is 0.229 e. The van der Waals surface area contributed by atoms with Crippen molar-refractivity contribution in [3.63, 3.8) is 0 Å². The summed E-state index contributed by atoms with van der Waals surface area (Å²) in [5.74, 6) is 0.478. The van der Waals surface area contributed by atoms with E-state index in [2.05, 4.69) is 16.4 Å². The number of pyridine rings is 1. The number of benzene rings is 1. The molecule has 0 aliphatic rings. The summed E-state index contributed by atoms with van der Waals surface area (Å²) < 4.78 is 5.27. The molecule has 0 saturated carbocycles. The molecule has 0 bridgehead atoms. The zero-order chi connectivity index (χ0) is 17.6. The summed E-state index contributed by atoms with van der Waals surface area (Å²) in [5.41, 5.74) is 2.21. The molecule has 0 saturated heterocycles. The summed E-state index contributed by atoms with van der Waals surface area (Å²) in [6, 6.07) is 15.0. The van der Waals surface area contributed by atoms with Gasteiger partial charge in [0.15, 0.2) is 0 Å². The summed E-state index contributed by atoms with van der Waals surface area (Å²) >= 11 is 1.37. The van der Waals surface area contributed by atoms with Gasteiger partial charge in [-0.05, 0) is 29.8 Å². The smallest absolute Gasteiger partial charge is 0.229 e. The highest BCUT2D eigenvalue weighted by Gasteiger charge is 2.14. The van der Waals surface area contributed by atoms with Crippen molar-refractivity contribution in [3.8, 4) is 22.3 Å². The Morgan fingerprint density at radius 1 is 1.28 bits per heavy atom. The van der Waals surface area contributed by atoms with Gasteiger partial charge in [0.1, 0.15) is 16.8 Å². The van der Waals surface area contributed by atoms with Crippen molar-refractivity contribution in [1.29, 1.82) is 5.26 Å². The van der Waals surface area contributed by atoms with Gasteiger partial charge in [0.05, 0.1) is 19.1 Å². The topological polar surface area (TPSA) is 75.0 Å². The van der Waals surface area contributed by atoms with E-state index in [1.54, 1.807) is 25.6 Å². The quantitative estimate of drug-likeness (QED) is 0.759. The Morgan fingerprint density at radius 2 is 2.04 bits per heavy atom. The Kier molecular flexibility index (Phi) is 5.07. The molecule has 0 atom stereocenters. The summed E-state index contributed by atoms with van der Waals surface area (Å²) in [4.78, 5) is 17.3. The highest BCUT2D eigenvalue weighted by Crippen LogP contribution is 2.35. The fourth-order valence-corrected chi connectivity index (χ4v) is 3.45. The Hall–Kier alpha value is -3.17. The molecule has 124 valence electrons. The predicted molar refractivity (Wildman–Crippen MR) is 97.6 cm³/mol. The molecule has 0 fully saturated rings. The number of aromatic nitrogens is 1. The number of ether oxygens (including phenoxy) is 1. The first kappa shape index (κ1) is 16.7. The van der Waals surface area contributed by atoms with Gasteiger partial charge in [-0.15, -0.1) is 11.3 Å². The Morgan fingerprint density at radius 3 is 2.76 bits per heavy atom. The first-order valence-electron chi connectivity index (χ1n) is 7.57. The first-order valence-corrected chi connectivity index (χ1v) is 8.39. The van der Waals surface area contributed by atoms with Crippen LogP contribution in [0.1, 0.15) is 11.1 Å². The van der Waals surface area contributed by atoms with E-state index >= 15 is 0 Å². The van der Waals surface area contributed by atoms with Crippen LogP contribution in [0, 0.1) is 11.3 Å².